The minimum atomic E-state index is -0.771. The molecule has 6 heteroatoms. The Morgan fingerprint density at radius 1 is 0.365 bits per heavy atom. The third kappa shape index (κ3) is 39.1. The van der Waals surface area contributed by atoms with Crippen molar-refractivity contribution in [2.24, 2.45) is 0 Å². The Kier molecular flexibility index (Phi) is 40.0. The van der Waals surface area contributed by atoms with Crippen LogP contribution in [0.2, 0.25) is 0 Å². The van der Waals surface area contributed by atoms with Crippen molar-refractivity contribution >= 4 is 17.9 Å². The van der Waals surface area contributed by atoms with E-state index in [4.69, 9.17) is 14.2 Å². The topological polar surface area (TPSA) is 78.9 Å². The van der Waals surface area contributed by atoms with Gasteiger partial charge in [0.1, 0.15) is 13.2 Å². The van der Waals surface area contributed by atoms with Crippen LogP contribution in [0.1, 0.15) is 233 Å². The van der Waals surface area contributed by atoms with Gasteiger partial charge in [-0.2, -0.15) is 0 Å². The molecule has 0 saturated heterocycles. The van der Waals surface area contributed by atoms with Crippen LogP contribution < -0.4 is 0 Å². The summed E-state index contributed by atoms with van der Waals surface area (Å²) in [7, 11) is 0. The molecule has 0 spiro atoms. The standard InChI is InChI=1S/C46H84O6/c1-4-7-10-13-16-19-22-23-24-25-28-30-33-36-39-45(48)51-42-43(52-46(49)40-37-34-31-27-21-18-15-12-9-6-3)41-50-44(47)38-35-32-29-26-20-17-14-11-8-5-2/h12,15,22-23,43H,4-11,13-14,16-21,24-42H2,1-3H3/b15-12-,23-22-. The molecule has 0 aromatic carbocycles. The molecular formula is C46H84O6. The van der Waals surface area contributed by atoms with E-state index in [1.54, 1.807) is 0 Å². The van der Waals surface area contributed by atoms with E-state index in [2.05, 4.69) is 45.1 Å². The molecule has 0 aromatic rings. The van der Waals surface area contributed by atoms with E-state index in [0.717, 1.165) is 83.5 Å². The number of carbonyl (C=O) groups is 3. The first-order valence-electron chi connectivity index (χ1n) is 22.3. The molecule has 1 unspecified atom stereocenters. The molecule has 0 rings (SSSR count). The Labute approximate surface area is 322 Å². The van der Waals surface area contributed by atoms with Crippen molar-refractivity contribution in [3.05, 3.63) is 24.3 Å². The highest BCUT2D eigenvalue weighted by Crippen LogP contribution is 2.14. The summed E-state index contributed by atoms with van der Waals surface area (Å²) in [6.45, 7) is 6.54. The number of hydrogen-bond acceptors (Lipinski definition) is 6. The first-order valence-corrected chi connectivity index (χ1v) is 22.3. The van der Waals surface area contributed by atoms with Gasteiger partial charge in [0.15, 0.2) is 6.10 Å². The fourth-order valence-electron chi connectivity index (χ4n) is 6.26. The summed E-state index contributed by atoms with van der Waals surface area (Å²) in [5.41, 5.74) is 0. The molecule has 0 heterocycles. The van der Waals surface area contributed by atoms with E-state index in [9.17, 15) is 14.4 Å². The minimum absolute atomic E-state index is 0.0749. The fraction of sp³-hybridized carbons (Fsp3) is 0.848. The molecule has 1 atom stereocenters. The van der Waals surface area contributed by atoms with Gasteiger partial charge >= 0.3 is 17.9 Å². The number of rotatable bonds is 40. The van der Waals surface area contributed by atoms with Crippen molar-refractivity contribution in [2.45, 2.75) is 239 Å². The monoisotopic (exact) mass is 733 g/mol. The molecule has 304 valence electrons. The van der Waals surface area contributed by atoms with Gasteiger partial charge < -0.3 is 14.2 Å². The lowest BCUT2D eigenvalue weighted by Crippen LogP contribution is -2.30. The van der Waals surface area contributed by atoms with E-state index in [1.807, 2.05) is 0 Å². The van der Waals surface area contributed by atoms with Crippen LogP contribution in [0.4, 0.5) is 0 Å². The summed E-state index contributed by atoms with van der Waals surface area (Å²) >= 11 is 0. The number of carbonyl (C=O) groups excluding carboxylic acids is 3. The largest absolute Gasteiger partial charge is 0.462 e. The van der Waals surface area contributed by atoms with Crippen LogP contribution in [0.3, 0.4) is 0 Å². The van der Waals surface area contributed by atoms with Crippen LogP contribution in [0.15, 0.2) is 24.3 Å². The molecule has 0 aliphatic carbocycles. The number of ether oxygens (including phenoxy) is 3. The smallest absolute Gasteiger partial charge is 0.306 e. The molecule has 0 aliphatic heterocycles. The van der Waals surface area contributed by atoms with Crippen molar-refractivity contribution < 1.29 is 28.6 Å². The zero-order valence-corrected chi connectivity index (χ0v) is 34.6. The molecule has 0 N–H and O–H groups in total. The third-order valence-corrected chi connectivity index (χ3v) is 9.66. The van der Waals surface area contributed by atoms with Gasteiger partial charge in [-0.05, 0) is 64.2 Å². The van der Waals surface area contributed by atoms with Crippen molar-refractivity contribution in [3.8, 4) is 0 Å². The second kappa shape index (κ2) is 41.6. The molecule has 0 aromatic heterocycles. The van der Waals surface area contributed by atoms with Gasteiger partial charge in [-0.3, -0.25) is 14.4 Å². The maximum absolute atomic E-state index is 12.7. The highest BCUT2D eigenvalue weighted by atomic mass is 16.6. The summed E-state index contributed by atoms with van der Waals surface area (Å²) in [4.78, 5) is 37.6. The van der Waals surface area contributed by atoms with Crippen LogP contribution in [-0.4, -0.2) is 37.2 Å². The van der Waals surface area contributed by atoms with Gasteiger partial charge in [0, 0.05) is 19.3 Å². The van der Waals surface area contributed by atoms with E-state index in [-0.39, 0.29) is 31.1 Å². The second-order valence-electron chi connectivity index (χ2n) is 15.0. The summed E-state index contributed by atoms with van der Waals surface area (Å²) in [5.74, 6) is -0.894. The van der Waals surface area contributed by atoms with Crippen molar-refractivity contribution in [1.29, 1.82) is 0 Å². The van der Waals surface area contributed by atoms with Gasteiger partial charge in [-0.15, -0.1) is 0 Å². The average molecular weight is 733 g/mol. The molecule has 0 aliphatic rings. The molecule has 0 amide bonds. The molecular weight excluding hydrogens is 649 g/mol. The maximum Gasteiger partial charge on any atom is 0.306 e. The Morgan fingerprint density at radius 2 is 0.673 bits per heavy atom. The molecule has 0 saturated carbocycles. The van der Waals surface area contributed by atoms with Gasteiger partial charge in [-0.25, -0.2) is 0 Å². The van der Waals surface area contributed by atoms with Gasteiger partial charge in [0.25, 0.3) is 0 Å². The average Bonchev–Trinajstić information content (AvgIpc) is 3.14. The van der Waals surface area contributed by atoms with Crippen LogP contribution in [0.25, 0.3) is 0 Å². The molecule has 0 radical (unpaired) electrons. The van der Waals surface area contributed by atoms with Crippen LogP contribution in [0, 0.1) is 0 Å². The van der Waals surface area contributed by atoms with Crippen LogP contribution in [0.5, 0.6) is 0 Å². The summed E-state index contributed by atoms with van der Waals surface area (Å²) < 4.78 is 16.7. The number of allylic oxidation sites excluding steroid dienone is 4. The van der Waals surface area contributed by atoms with Gasteiger partial charge in [0.2, 0.25) is 0 Å². The lowest BCUT2D eigenvalue weighted by atomic mass is 10.1. The maximum atomic E-state index is 12.7. The SMILES string of the molecule is CCC/C=C\CCCCCCCC(=O)OC(COC(=O)CCCCCCC/C=C\CCCCCCC)COC(=O)CCCCCCCCCCCC. The van der Waals surface area contributed by atoms with E-state index >= 15 is 0 Å². The second-order valence-corrected chi connectivity index (χ2v) is 15.0. The zero-order chi connectivity index (χ0) is 38.0. The van der Waals surface area contributed by atoms with Crippen molar-refractivity contribution in [3.63, 3.8) is 0 Å². The Balaban J connectivity index is 4.35. The van der Waals surface area contributed by atoms with Gasteiger partial charge in [-0.1, -0.05) is 173 Å². The number of esters is 3. The minimum Gasteiger partial charge on any atom is -0.462 e. The zero-order valence-electron chi connectivity index (χ0n) is 34.6. The number of hydrogen-bond donors (Lipinski definition) is 0. The Hall–Kier alpha value is -2.11. The Morgan fingerprint density at radius 3 is 1.04 bits per heavy atom. The normalized spacial score (nSPS) is 12.1. The predicted octanol–water partition coefficient (Wildman–Crippen LogP) is 14.0. The molecule has 52 heavy (non-hydrogen) atoms. The van der Waals surface area contributed by atoms with Gasteiger partial charge in [0.05, 0.1) is 0 Å². The molecule has 0 bridgehead atoms. The predicted molar refractivity (Wildman–Crippen MR) is 219 cm³/mol. The lowest BCUT2D eigenvalue weighted by Gasteiger charge is -2.18. The summed E-state index contributed by atoms with van der Waals surface area (Å²) in [6.07, 6.45) is 44.4. The lowest BCUT2D eigenvalue weighted by molar-refractivity contribution is -0.167. The highest BCUT2D eigenvalue weighted by Gasteiger charge is 2.19. The quantitative estimate of drug-likeness (QED) is 0.0270. The summed E-state index contributed by atoms with van der Waals surface area (Å²) in [5, 5.41) is 0. The van der Waals surface area contributed by atoms with Crippen LogP contribution in [-0.2, 0) is 28.6 Å². The summed E-state index contributed by atoms with van der Waals surface area (Å²) in [6, 6.07) is 0. The van der Waals surface area contributed by atoms with Crippen molar-refractivity contribution in [1.82, 2.24) is 0 Å². The molecule has 6 nitrogen and oxygen atoms in total. The first-order chi connectivity index (χ1) is 25.5. The van der Waals surface area contributed by atoms with E-state index in [0.29, 0.717) is 19.3 Å². The first kappa shape index (κ1) is 49.9. The molecule has 0 fully saturated rings. The van der Waals surface area contributed by atoms with Crippen molar-refractivity contribution in [2.75, 3.05) is 13.2 Å². The fourth-order valence-corrected chi connectivity index (χ4v) is 6.26. The van der Waals surface area contributed by atoms with E-state index in [1.165, 1.54) is 109 Å². The van der Waals surface area contributed by atoms with E-state index < -0.39 is 6.10 Å². The third-order valence-electron chi connectivity index (χ3n) is 9.66. The Bertz CT molecular complexity index is 850. The highest BCUT2D eigenvalue weighted by molar-refractivity contribution is 5.71. The van der Waals surface area contributed by atoms with Crippen LogP contribution >= 0.6 is 0 Å². The number of unbranched alkanes of at least 4 members (excludes halogenated alkanes) is 25.